The first-order valence-electron chi connectivity index (χ1n) is 4.88. The van der Waals surface area contributed by atoms with Crippen LogP contribution in [0.1, 0.15) is 41.5 Å². The largest absolute Gasteiger partial charge is 0.496 e. The Balaban J connectivity index is 3.73. The van der Waals surface area contributed by atoms with Crippen LogP contribution in [0.15, 0.2) is 24.7 Å². The first-order valence-corrected chi connectivity index (χ1v) is 4.88. The zero-order valence-corrected chi connectivity index (χ0v) is 10.1. The van der Waals surface area contributed by atoms with Crippen molar-refractivity contribution in [3.8, 4) is 0 Å². The zero-order valence-electron chi connectivity index (χ0n) is 10.1. The Kier molecular flexibility index (Phi) is 4.75. The summed E-state index contributed by atoms with van der Waals surface area (Å²) in [6.07, 6.45) is 6.97. The first kappa shape index (κ1) is 13.1. The lowest BCUT2D eigenvalue weighted by Crippen LogP contribution is -2.15. The molecule has 0 rings (SSSR count). The Hall–Kier alpha value is -0.920. The molecule has 0 unspecified atom stereocenters. The van der Waals surface area contributed by atoms with E-state index in [4.69, 9.17) is 9.47 Å². The van der Waals surface area contributed by atoms with E-state index in [0.717, 1.165) is 0 Å². The van der Waals surface area contributed by atoms with Crippen molar-refractivity contribution in [2.75, 3.05) is 0 Å². The van der Waals surface area contributed by atoms with Crippen LogP contribution in [0.3, 0.4) is 0 Å². The minimum Gasteiger partial charge on any atom is -0.496 e. The molecule has 2 nitrogen and oxygen atoms in total. The van der Waals surface area contributed by atoms with Crippen LogP contribution in [0.4, 0.5) is 0 Å². The molecule has 0 atom stereocenters. The fourth-order valence-corrected chi connectivity index (χ4v) is 0.578. The van der Waals surface area contributed by atoms with Crippen molar-refractivity contribution in [1.29, 1.82) is 0 Å². The zero-order chi connectivity index (χ0) is 11.2. The lowest BCUT2D eigenvalue weighted by molar-refractivity contribution is 0.0740. The van der Waals surface area contributed by atoms with Crippen LogP contribution >= 0.6 is 0 Å². The van der Waals surface area contributed by atoms with E-state index in [9.17, 15) is 0 Å². The van der Waals surface area contributed by atoms with Gasteiger partial charge < -0.3 is 9.47 Å². The number of ether oxygens (including phenoxy) is 2. The molecule has 0 aromatic rings. The molecule has 0 bridgehead atoms. The van der Waals surface area contributed by atoms with E-state index in [1.54, 1.807) is 12.5 Å². The molecule has 0 heterocycles. The van der Waals surface area contributed by atoms with Gasteiger partial charge in [-0.15, -0.1) is 0 Å². The van der Waals surface area contributed by atoms with Gasteiger partial charge >= 0.3 is 0 Å². The molecule has 0 fully saturated rings. The molecule has 0 aliphatic carbocycles. The van der Waals surface area contributed by atoms with E-state index in [-0.39, 0.29) is 11.2 Å². The highest BCUT2D eigenvalue weighted by Crippen LogP contribution is 2.08. The van der Waals surface area contributed by atoms with Gasteiger partial charge in [0.1, 0.15) is 0 Å². The average Bonchev–Trinajstić information content (AvgIpc) is 1.92. The van der Waals surface area contributed by atoms with Crippen molar-refractivity contribution >= 4 is 0 Å². The minimum atomic E-state index is -0.130. The van der Waals surface area contributed by atoms with Gasteiger partial charge in [-0.1, -0.05) is 0 Å². The van der Waals surface area contributed by atoms with Gasteiger partial charge in [0.2, 0.25) is 0 Å². The molecule has 0 N–H and O–H groups in total. The highest BCUT2D eigenvalue weighted by Gasteiger charge is 2.07. The normalized spacial score (nSPS) is 13.9. The maximum Gasteiger partial charge on any atom is 0.0998 e. The molecule has 0 aromatic carbocycles. The second kappa shape index (κ2) is 5.08. The Labute approximate surface area is 87.6 Å². The second-order valence-electron chi connectivity index (χ2n) is 5.12. The lowest BCUT2D eigenvalue weighted by atomic mass is 10.2. The summed E-state index contributed by atoms with van der Waals surface area (Å²) in [5.74, 6) is 0. The Morgan fingerprint density at radius 3 is 1.14 bits per heavy atom. The summed E-state index contributed by atoms with van der Waals surface area (Å²) in [4.78, 5) is 0. The van der Waals surface area contributed by atoms with Crippen LogP contribution in [0, 0.1) is 0 Å². The van der Waals surface area contributed by atoms with Crippen molar-refractivity contribution in [3.63, 3.8) is 0 Å². The fraction of sp³-hybridized carbons (Fsp3) is 0.667. The van der Waals surface area contributed by atoms with E-state index in [1.807, 2.05) is 53.7 Å². The number of hydrogen-bond acceptors (Lipinski definition) is 2. The summed E-state index contributed by atoms with van der Waals surface area (Å²) < 4.78 is 10.7. The van der Waals surface area contributed by atoms with Crippen molar-refractivity contribution in [2.24, 2.45) is 0 Å². The van der Waals surface area contributed by atoms with Gasteiger partial charge in [-0.05, 0) is 53.7 Å². The molecule has 2 heteroatoms. The molecule has 0 aliphatic heterocycles. The van der Waals surface area contributed by atoms with Gasteiger partial charge in [0.15, 0.2) is 0 Å². The second-order valence-corrected chi connectivity index (χ2v) is 5.12. The van der Waals surface area contributed by atoms with E-state index in [0.29, 0.717) is 0 Å². The summed E-state index contributed by atoms with van der Waals surface area (Å²) in [6, 6.07) is 0. The monoisotopic (exact) mass is 198 g/mol. The summed E-state index contributed by atoms with van der Waals surface area (Å²) in [6.45, 7) is 12.0. The number of allylic oxidation sites excluding steroid dienone is 2. The molecule has 0 radical (unpaired) electrons. The van der Waals surface area contributed by atoms with Crippen LogP contribution < -0.4 is 0 Å². The highest BCUT2D eigenvalue weighted by molar-refractivity contribution is 4.97. The minimum absolute atomic E-state index is 0.130. The Bertz CT molecular complexity index is 177. The van der Waals surface area contributed by atoms with Gasteiger partial charge in [0.05, 0.1) is 23.7 Å². The third kappa shape index (κ3) is 11.1. The molecule has 14 heavy (non-hydrogen) atoms. The van der Waals surface area contributed by atoms with Crippen LogP contribution in [0.2, 0.25) is 0 Å². The van der Waals surface area contributed by atoms with E-state index < -0.39 is 0 Å². The van der Waals surface area contributed by atoms with Crippen molar-refractivity contribution in [3.05, 3.63) is 24.7 Å². The summed E-state index contributed by atoms with van der Waals surface area (Å²) in [5, 5.41) is 0. The van der Waals surface area contributed by atoms with Crippen molar-refractivity contribution in [2.45, 2.75) is 52.7 Å². The maximum atomic E-state index is 5.37. The van der Waals surface area contributed by atoms with Gasteiger partial charge in [0, 0.05) is 0 Å². The SMILES string of the molecule is CC(C)(C)O/C=C\C=C\OC(C)(C)C. The quantitative estimate of drug-likeness (QED) is 0.509. The van der Waals surface area contributed by atoms with Crippen LogP contribution in [-0.2, 0) is 9.47 Å². The third-order valence-electron chi connectivity index (χ3n) is 1.11. The van der Waals surface area contributed by atoms with Crippen molar-refractivity contribution < 1.29 is 9.47 Å². The molecule has 0 saturated heterocycles. The molecular weight excluding hydrogens is 176 g/mol. The smallest absolute Gasteiger partial charge is 0.0998 e. The van der Waals surface area contributed by atoms with Crippen molar-refractivity contribution in [1.82, 2.24) is 0 Å². The summed E-state index contributed by atoms with van der Waals surface area (Å²) in [7, 11) is 0. The molecule has 0 amide bonds. The van der Waals surface area contributed by atoms with Gasteiger partial charge in [-0.2, -0.15) is 0 Å². The van der Waals surface area contributed by atoms with Gasteiger partial charge in [-0.3, -0.25) is 0 Å². The topological polar surface area (TPSA) is 18.5 Å². The lowest BCUT2D eigenvalue weighted by Gasteiger charge is -2.18. The average molecular weight is 198 g/mol. The van der Waals surface area contributed by atoms with E-state index in [1.165, 1.54) is 0 Å². The summed E-state index contributed by atoms with van der Waals surface area (Å²) in [5.41, 5.74) is -0.259. The highest BCUT2D eigenvalue weighted by atomic mass is 16.5. The van der Waals surface area contributed by atoms with Crippen LogP contribution in [0.25, 0.3) is 0 Å². The molecule has 0 spiro atoms. The Morgan fingerprint density at radius 1 is 0.643 bits per heavy atom. The standard InChI is InChI=1S/C12H22O2/c1-11(2,3)13-9-7-8-10-14-12(4,5)6/h7-10H,1-6H3/b9-7-,10-8+. The number of hydrogen-bond donors (Lipinski definition) is 0. The third-order valence-corrected chi connectivity index (χ3v) is 1.11. The summed E-state index contributed by atoms with van der Waals surface area (Å²) >= 11 is 0. The van der Waals surface area contributed by atoms with Gasteiger partial charge in [-0.25, -0.2) is 0 Å². The van der Waals surface area contributed by atoms with Crippen LogP contribution in [-0.4, -0.2) is 11.2 Å². The molecule has 82 valence electrons. The first-order chi connectivity index (χ1) is 6.21. The molecular formula is C12H22O2. The van der Waals surface area contributed by atoms with Crippen LogP contribution in [0.5, 0.6) is 0 Å². The molecule has 0 aromatic heterocycles. The number of rotatable bonds is 3. The van der Waals surface area contributed by atoms with E-state index in [2.05, 4.69) is 0 Å². The predicted octanol–water partition coefficient (Wildman–Crippen LogP) is 3.64. The predicted molar refractivity (Wildman–Crippen MR) is 60.0 cm³/mol. The maximum absolute atomic E-state index is 5.37. The van der Waals surface area contributed by atoms with Gasteiger partial charge in [0.25, 0.3) is 0 Å². The van der Waals surface area contributed by atoms with E-state index >= 15 is 0 Å². The molecule has 0 saturated carbocycles. The fourth-order valence-electron chi connectivity index (χ4n) is 0.578. The Morgan fingerprint density at radius 2 is 0.929 bits per heavy atom. The molecule has 0 aliphatic rings.